The summed E-state index contributed by atoms with van der Waals surface area (Å²) in [6.07, 6.45) is 3.16. The maximum Gasteiger partial charge on any atom is 0.122 e. The van der Waals surface area contributed by atoms with Gasteiger partial charge in [-0.05, 0) is 57.7 Å². The number of ether oxygens (including phenoxy) is 1. The third kappa shape index (κ3) is 5.56. The first-order valence-corrected chi connectivity index (χ1v) is 10.3. The van der Waals surface area contributed by atoms with Gasteiger partial charge in [-0.2, -0.15) is 5.10 Å². The standard InChI is InChI=1S/C22H33N3O3/c1-16-19(17(2)24-23-16)14-25-12-7-3-4-8-18-9-5-6-10-22(18)28-15-21(27)20(26)11-13-25/h5-6,9-10,20-21,26-27H,3-4,7-8,11-15H2,1-2H3,(H,23,24)/t20-,21+/m0/s1. The summed E-state index contributed by atoms with van der Waals surface area (Å²) in [5.41, 5.74) is 4.53. The molecule has 1 aliphatic heterocycles. The molecule has 2 aromatic rings. The summed E-state index contributed by atoms with van der Waals surface area (Å²) >= 11 is 0. The van der Waals surface area contributed by atoms with Crippen molar-refractivity contribution in [3.05, 3.63) is 46.8 Å². The lowest BCUT2D eigenvalue weighted by molar-refractivity contribution is -0.0163. The number of hydrogen-bond donors (Lipinski definition) is 3. The smallest absolute Gasteiger partial charge is 0.122 e. The fraction of sp³-hybridized carbons (Fsp3) is 0.591. The maximum atomic E-state index is 10.4. The van der Waals surface area contributed by atoms with Gasteiger partial charge in [-0.1, -0.05) is 24.6 Å². The Morgan fingerprint density at radius 2 is 1.93 bits per heavy atom. The van der Waals surface area contributed by atoms with E-state index in [0.29, 0.717) is 6.42 Å². The molecular formula is C22H33N3O3. The molecule has 2 heterocycles. The monoisotopic (exact) mass is 387 g/mol. The van der Waals surface area contributed by atoms with Gasteiger partial charge in [0.2, 0.25) is 0 Å². The van der Waals surface area contributed by atoms with Crippen molar-refractivity contribution in [3.8, 4) is 5.75 Å². The van der Waals surface area contributed by atoms with Crippen molar-refractivity contribution in [1.29, 1.82) is 0 Å². The lowest BCUT2D eigenvalue weighted by Crippen LogP contribution is -2.36. The summed E-state index contributed by atoms with van der Waals surface area (Å²) in [7, 11) is 0. The number of nitrogens with zero attached hydrogens (tertiary/aromatic N) is 2. The van der Waals surface area contributed by atoms with Gasteiger partial charge in [0.15, 0.2) is 0 Å². The summed E-state index contributed by atoms with van der Waals surface area (Å²) in [5, 5.41) is 28.1. The number of fused-ring (bicyclic) bond motifs is 1. The number of aliphatic hydroxyl groups is 2. The Hall–Kier alpha value is -1.89. The largest absolute Gasteiger partial charge is 0.491 e. The van der Waals surface area contributed by atoms with Crippen LogP contribution in [0, 0.1) is 13.8 Å². The molecule has 0 radical (unpaired) electrons. The van der Waals surface area contributed by atoms with Gasteiger partial charge in [0, 0.05) is 24.3 Å². The topological polar surface area (TPSA) is 81.6 Å². The molecule has 28 heavy (non-hydrogen) atoms. The first kappa shape index (κ1) is 20.8. The minimum Gasteiger partial charge on any atom is -0.491 e. The van der Waals surface area contributed by atoms with E-state index in [1.165, 1.54) is 11.1 Å². The van der Waals surface area contributed by atoms with Crippen LogP contribution in [-0.2, 0) is 13.0 Å². The number of aromatic amines is 1. The minimum absolute atomic E-state index is 0.109. The van der Waals surface area contributed by atoms with E-state index >= 15 is 0 Å². The van der Waals surface area contributed by atoms with Gasteiger partial charge in [0.05, 0.1) is 11.8 Å². The quantitative estimate of drug-likeness (QED) is 0.738. The van der Waals surface area contributed by atoms with Crippen molar-refractivity contribution in [1.82, 2.24) is 15.1 Å². The summed E-state index contributed by atoms with van der Waals surface area (Å²) in [6.45, 7) is 6.71. The zero-order chi connectivity index (χ0) is 19.9. The van der Waals surface area contributed by atoms with Gasteiger partial charge < -0.3 is 14.9 Å². The molecule has 0 saturated carbocycles. The molecule has 3 N–H and O–H groups in total. The SMILES string of the molecule is Cc1n[nH]c(C)c1CN1CCCCCc2ccccc2OC[C@@H](O)[C@@H](O)CC1. The second-order valence-electron chi connectivity index (χ2n) is 7.84. The van der Waals surface area contributed by atoms with Gasteiger partial charge in [0.1, 0.15) is 18.5 Å². The van der Waals surface area contributed by atoms with Crippen LogP contribution in [0.15, 0.2) is 24.3 Å². The highest BCUT2D eigenvalue weighted by molar-refractivity contribution is 5.33. The summed E-state index contributed by atoms with van der Waals surface area (Å²) in [4.78, 5) is 2.36. The van der Waals surface area contributed by atoms with Crippen LogP contribution in [0.1, 0.15) is 48.2 Å². The molecule has 0 spiro atoms. The number of aryl methyl sites for hydroxylation is 3. The van der Waals surface area contributed by atoms with E-state index in [1.54, 1.807) is 0 Å². The average Bonchev–Trinajstić information content (AvgIpc) is 3.01. The predicted octanol–water partition coefficient (Wildman–Crippen LogP) is 2.75. The summed E-state index contributed by atoms with van der Waals surface area (Å²) in [6, 6.07) is 7.99. The molecular weight excluding hydrogens is 354 g/mol. The van der Waals surface area contributed by atoms with E-state index in [2.05, 4.69) is 21.2 Å². The molecule has 0 aliphatic carbocycles. The number of H-pyrrole nitrogens is 1. The second kappa shape index (κ2) is 10.0. The Balaban J connectivity index is 1.67. The number of nitrogens with one attached hydrogen (secondary N) is 1. The van der Waals surface area contributed by atoms with Crippen molar-refractivity contribution >= 4 is 0 Å². The Bertz CT molecular complexity index is 727. The van der Waals surface area contributed by atoms with Crippen LogP contribution in [0.2, 0.25) is 0 Å². The molecule has 0 unspecified atom stereocenters. The number of rotatable bonds is 2. The summed E-state index contributed by atoms with van der Waals surface area (Å²) < 4.78 is 5.82. The highest BCUT2D eigenvalue weighted by Gasteiger charge is 2.20. The van der Waals surface area contributed by atoms with Gasteiger partial charge >= 0.3 is 0 Å². The van der Waals surface area contributed by atoms with Crippen molar-refractivity contribution in [3.63, 3.8) is 0 Å². The molecule has 1 aromatic heterocycles. The molecule has 6 heteroatoms. The lowest BCUT2D eigenvalue weighted by atomic mass is 10.0. The van der Waals surface area contributed by atoms with Crippen LogP contribution >= 0.6 is 0 Å². The van der Waals surface area contributed by atoms with Crippen LogP contribution in [0.4, 0.5) is 0 Å². The Labute approximate surface area is 167 Å². The highest BCUT2D eigenvalue weighted by Crippen LogP contribution is 2.22. The van der Waals surface area contributed by atoms with Crippen LogP contribution in [-0.4, -0.2) is 57.2 Å². The maximum absolute atomic E-state index is 10.4. The molecule has 0 saturated heterocycles. The van der Waals surface area contributed by atoms with Crippen molar-refractivity contribution in [2.24, 2.45) is 0 Å². The first-order chi connectivity index (χ1) is 13.5. The number of para-hydroxylation sites is 1. The minimum atomic E-state index is -0.893. The van der Waals surface area contributed by atoms with Crippen molar-refractivity contribution in [2.45, 2.75) is 64.7 Å². The highest BCUT2D eigenvalue weighted by atomic mass is 16.5. The Kier molecular flexibility index (Phi) is 7.48. The normalized spacial score (nSPS) is 22.9. The molecule has 0 amide bonds. The van der Waals surface area contributed by atoms with Gasteiger partial charge in [0.25, 0.3) is 0 Å². The van der Waals surface area contributed by atoms with E-state index in [-0.39, 0.29) is 6.61 Å². The zero-order valence-corrected chi connectivity index (χ0v) is 17.0. The van der Waals surface area contributed by atoms with E-state index in [4.69, 9.17) is 4.74 Å². The number of aliphatic hydroxyl groups excluding tert-OH is 2. The van der Waals surface area contributed by atoms with E-state index < -0.39 is 12.2 Å². The number of aromatic nitrogens is 2. The Morgan fingerprint density at radius 3 is 2.71 bits per heavy atom. The van der Waals surface area contributed by atoms with Crippen molar-refractivity contribution in [2.75, 3.05) is 19.7 Å². The number of hydrogen-bond acceptors (Lipinski definition) is 5. The molecule has 2 atom stereocenters. The molecule has 0 bridgehead atoms. The number of benzene rings is 1. The zero-order valence-electron chi connectivity index (χ0n) is 17.0. The van der Waals surface area contributed by atoms with Gasteiger partial charge in [-0.3, -0.25) is 10.00 Å². The lowest BCUT2D eigenvalue weighted by Gasteiger charge is -2.26. The fourth-order valence-electron chi connectivity index (χ4n) is 3.77. The van der Waals surface area contributed by atoms with Crippen LogP contribution in [0.3, 0.4) is 0 Å². The third-order valence-corrected chi connectivity index (χ3v) is 5.65. The van der Waals surface area contributed by atoms with Gasteiger partial charge in [-0.15, -0.1) is 0 Å². The van der Waals surface area contributed by atoms with E-state index in [0.717, 1.165) is 62.5 Å². The fourth-order valence-corrected chi connectivity index (χ4v) is 3.77. The molecule has 1 aliphatic rings. The van der Waals surface area contributed by atoms with E-state index in [9.17, 15) is 10.2 Å². The van der Waals surface area contributed by atoms with Crippen LogP contribution < -0.4 is 4.74 Å². The first-order valence-electron chi connectivity index (χ1n) is 10.3. The Morgan fingerprint density at radius 1 is 1.11 bits per heavy atom. The van der Waals surface area contributed by atoms with Crippen molar-refractivity contribution < 1.29 is 14.9 Å². The summed E-state index contributed by atoms with van der Waals surface area (Å²) in [5.74, 6) is 0.818. The molecule has 0 fully saturated rings. The van der Waals surface area contributed by atoms with Crippen LogP contribution in [0.25, 0.3) is 0 Å². The van der Waals surface area contributed by atoms with Crippen LogP contribution in [0.5, 0.6) is 5.75 Å². The average molecular weight is 388 g/mol. The van der Waals surface area contributed by atoms with E-state index in [1.807, 2.05) is 32.0 Å². The predicted molar refractivity (Wildman–Crippen MR) is 109 cm³/mol. The van der Waals surface area contributed by atoms with Gasteiger partial charge in [-0.25, -0.2) is 0 Å². The molecule has 3 rings (SSSR count). The third-order valence-electron chi connectivity index (χ3n) is 5.65. The molecule has 1 aromatic carbocycles. The second-order valence-corrected chi connectivity index (χ2v) is 7.84. The molecule has 154 valence electrons. The molecule has 6 nitrogen and oxygen atoms in total.